The molecule has 88 valence electrons. The van der Waals surface area contributed by atoms with Crippen LogP contribution in [0.25, 0.3) is 0 Å². The number of nitrogens with zero attached hydrogens (tertiary/aromatic N) is 1. The van der Waals surface area contributed by atoms with Crippen molar-refractivity contribution in [2.75, 3.05) is 26.2 Å². The van der Waals surface area contributed by atoms with E-state index in [1.54, 1.807) is 0 Å². The average molecular weight is 210 g/mol. The van der Waals surface area contributed by atoms with Gasteiger partial charge in [0.2, 0.25) is 0 Å². The highest BCUT2D eigenvalue weighted by molar-refractivity contribution is 4.87. The van der Waals surface area contributed by atoms with Crippen LogP contribution in [-0.4, -0.2) is 37.1 Å². The molecule has 0 aromatic carbocycles. The molecule has 2 heterocycles. The van der Waals surface area contributed by atoms with Crippen LogP contribution < -0.4 is 5.32 Å². The van der Waals surface area contributed by atoms with E-state index in [-0.39, 0.29) is 0 Å². The molecular weight excluding hydrogens is 184 g/mol. The lowest BCUT2D eigenvalue weighted by Gasteiger charge is -2.38. The van der Waals surface area contributed by atoms with Crippen LogP contribution in [0.1, 0.15) is 40.0 Å². The molecule has 1 N–H and O–H groups in total. The number of nitrogens with one attached hydrogen (secondary N) is 1. The Morgan fingerprint density at radius 1 is 1.07 bits per heavy atom. The molecule has 0 aromatic rings. The third-order valence-corrected chi connectivity index (χ3v) is 4.26. The van der Waals surface area contributed by atoms with Gasteiger partial charge in [-0.05, 0) is 43.7 Å². The first kappa shape index (κ1) is 11.4. The number of rotatable bonds is 1. The van der Waals surface area contributed by atoms with Gasteiger partial charge < -0.3 is 5.32 Å². The topological polar surface area (TPSA) is 15.3 Å². The molecule has 2 aliphatic rings. The second kappa shape index (κ2) is 4.42. The largest absolute Gasteiger partial charge is 0.314 e. The standard InChI is InChI=1S/C13H26N2/c1-13(2,3)11-5-4-7-15(8-6-11)12-9-14-10-12/h11-12,14H,4-10H2,1-3H3. The van der Waals surface area contributed by atoms with E-state index in [0.29, 0.717) is 5.41 Å². The number of likely N-dealkylation sites (tertiary alicyclic amines) is 1. The van der Waals surface area contributed by atoms with Crippen molar-refractivity contribution in [3.05, 3.63) is 0 Å². The second-order valence-electron chi connectivity index (χ2n) is 6.34. The van der Waals surface area contributed by atoms with E-state index in [2.05, 4.69) is 31.0 Å². The third kappa shape index (κ3) is 2.73. The van der Waals surface area contributed by atoms with Crippen molar-refractivity contribution in [1.29, 1.82) is 0 Å². The molecule has 2 aliphatic heterocycles. The van der Waals surface area contributed by atoms with Gasteiger partial charge in [-0.3, -0.25) is 4.90 Å². The van der Waals surface area contributed by atoms with Crippen molar-refractivity contribution in [1.82, 2.24) is 10.2 Å². The Kier molecular flexibility index (Phi) is 3.36. The molecule has 1 unspecified atom stereocenters. The fraction of sp³-hybridized carbons (Fsp3) is 1.00. The molecule has 0 radical (unpaired) electrons. The molecule has 0 aliphatic carbocycles. The molecule has 0 aromatic heterocycles. The Bertz CT molecular complexity index is 203. The maximum Gasteiger partial charge on any atom is 0.0345 e. The monoisotopic (exact) mass is 210 g/mol. The predicted octanol–water partition coefficient (Wildman–Crippen LogP) is 2.11. The van der Waals surface area contributed by atoms with Crippen molar-refractivity contribution in [3.8, 4) is 0 Å². The molecule has 1 atom stereocenters. The average Bonchev–Trinajstić information content (AvgIpc) is 2.25. The lowest BCUT2D eigenvalue weighted by atomic mass is 9.77. The SMILES string of the molecule is CC(C)(C)C1CCCN(C2CNC2)CC1. The molecule has 2 fully saturated rings. The molecule has 0 saturated carbocycles. The normalized spacial score (nSPS) is 31.0. The molecular formula is C13H26N2. The Balaban J connectivity index is 1.86. The summed E-state index contributed by atoms with van der Waals surface area (Å²) >= 11 is 0. The lowest BCUT2D eigenvalue weighted by Crippen LogP contribution is -2.57. The second-order valence-corrected chi connectivity index (χ2v) is 6.34. The minimum atomic E-state index is 0.508. The maximum absolute atomic E-state index is 3.38. The minimum absolute atomic E-state index is 0.508. The first-order valence-electron chi connectivity index (χ1n) is 6.52. The van der Waals surface area contributed by atoms with E-state index in [0.717, 1.165) is 12.0 Å². The summed E-state index contributed by atoms with van der Waals surface area (Å²) in [7, 11) is 0. The highest BCUT2D eigenvalue weighted by Crippen LogP contribution is 2.34. The summed E-state index contributed by atoms with van der Waals surface area (Å²) in [6.07, 6.45) is 4.23. The minimum Gasteiger partial charge on any atom is -0.314 e. The molecule has 0 spiro atoms. The van der Waals surface area contributed by atoms with Gasteiger partial charge in [-0.2, -0.15) is 0 Å². The molecule has 0 amide bonds. The van der Waals surface area contributed by atoms with Gasteiger partial charge in [0.25, 0.3) is 0 Å². The van der Waals surface area contributed by atoms with Crippen LogP contribution in [-0.2, 0) is 0 Å². The lowest BCUT2D eigenvalue weighted by molar-refractivity contribution is 0.142. The zero-order valence-corrected chi connectivity index (χ0v) is 10.6. The van der Waals surface area contributed by atoms with E-state index in [9.17, 15) is 0 Å². The molecule has 0 bridgehead atoms. The maximum atomic E-state index is 3.38. The van der Waals surface area contributed by atoms with Gasteiger partial charge in [0.05, 0.1) is 0 Å². The zero-order valence-electron chi connectivity index (χ0n) is 10.6. The van der Waals surface area contributed by atoms with E-state index >= 15 is 0 Å². The van der Waals surface area contributed by atoms with Crippen molar-refractivity contribution < 1.29 is 0 Å². The van der Waals surface area contributed by atoms with Crippen LogP contribution in [0.15, 0.2) is 0 Å². The summed E-state index contributed by atoms with van der Waals surface area (Å²) < 4.78 is 0. The van der Waals surface area contributed by atoms with E-state index in [4.69, 9.17) is 0 Å². The molecule has 2 heteroatoms. The van der Waals surface area contributed by atoms with Crippen molar-refractivity contribution in [3.63, 3.8) is 0 Å². The van der Waals surface area contributed by atoms with Crippen LogP contribution in [0.2, 0.25) is 0 Å². The first-order chi connectivity index (χ1) is 7.07. The third-order valence-electron chi connectivity index (χ3n) is 4.26. The molecule has 2 nitrogen and oxygen atoms in total. The van der Waals surface area contributed by atoms with Gasteiger partial charge in [-0.25, -0.2) is 0 Å². The summed E-state index contributed by atoms with van der Waals surface area (Å²) in [5.41, 5.74) is 0.508. The van der Waals surface area contributed by atoms with Crippen LogP contribution >= 0.6 is 0 Å². The van der Waals surface area contributed by atoms with E-state index < -0.39 is 0 Å². The summed E-state index contributed by atoms with van der Waals surface area (Å²) in [5.74, 6) is 0.926. The van der Waals surface area contributed by atoms with Gasteiger partial charge >= 0.3 is 0 Å². The highest BCUT2D eigenvalue weighted by Gasteiger charge is 2.30. The van der Waals surface area contributed by atoms with Gasteiger partial charge in [-0.1, -0.05) is 20.8 Å². The molecule has 2 rings (SSSR count). The molecule has 2 saturated heterocycles. The molecule has 15 heavy (non-hydrogen) atoms. The van der Waals surface area contributed by atoms with Crippen molar-refractivity contribution >= 4 is 0 Å². The van der Waals surface area contributed by atoms with Crippen LogP contribution in [0.4, 0.5) is 0 Å². The smallest absolute Gasteiger partial charge is 0.0345 e. The number of hydrogen-bond acceptors (Lipinski definition) is 2. The van der Waals surface area contributed by atoms with Crippen LogP contribution in [0.3, 0.4) is 0 Å². The summed E-state index contributed by atoms with van der Waals surface area (Å²) in [6.45, 7) is 12.3. The Hall–Kier alpha value is -0.0800. The Labute approximate surface area is 94.4 Å². The summed E-state index contributed by atoms with van der Waals surface area (Å²) in [6, 6.07) is 0.851. The van der Waals surface area contributed by atoms with E-state index in [1.807, 2.05) is 0 Å². The Morgan fingerprint density at radius 3 is 2.33 bits per heavy atom. The van der Waals surface area contributed by atoms with Crippen LogP contribution in [0.5, 0.6) is 0 Å². The van der Waals surface area contributed by atoms with E-state index in [1.165, 1.54) is 45.4 Å². The van der Waals surface area contributed by atoms with Gasteiger partial charge in [0.1, 0.15) is 0 Å². The summed E-state index contributed by atoms with van der Waals surface area (Å²) in [4.78, 5) is 2.71. The van der Waals surface area contributed by atoms with Gasteiger partial charge in [0.15, 0.2) is 0 Å². The fourth-order valence-corrected chi connectivity index (χ4v) is 2.88. The van der Waals surface area contributed by atoms with Gasteiger partial charge in [0, 0.05) is 19.1 Å². The van der Waals surface area contributed by atoms with Gasteiger partial charge in [-0.15, -0.1) is 0 Å². The fourth-order valence-electron chi connectivity index (χ4n) is 2.88. The zero-order chi connectivity index (χ0) is 10.9. The summed E-state index contributed by atoms with van der Waals surface area (Å²) in [5, 5.41) is 3.38. The number of hydrogen-bond donors (Lipinski definition) is 1. The Morgan fingerprint density at radius 2 is 1.80 bits per heavy atom. The predicted molar refractivity (Wildman–Crippen MR) is 65.0 cm³/mol. The van der Waals surface area contributed by atoms with Crippen molar-refractivity contribution in [2.24, 2.45) is 11.3 Å². The highest BCUT2D eigenvalue weighted by atomic mass is 15.2. The quantitative estimate of drug-likeness (QED) is 0.713. The first-order valence-corrected chi connectivity index (χ1v) is 6.52. The van der Waals surface area contributed by atoms with Crippen LogP contribution in [0, 0.1) is 11.3 Å². The van der Waals surface area contributed by atoms with Crippen molar-refractivity contribution in [2.45, 2.75) is 46.1 Å².